The van der Waals surface area contributed by atoms with Gasteiger partial charge in [0.2, 0.25) is 0 Å². The van der Waals surface area contributed by atoms with Crippen molar-refractivity contribution >= 4 is 32.6 Å². The van der Waals surface area contributed by atoms with Crippen molar-refractivity contribution in [3.8, 4) is 11.3 Å². The van der Waals surface area contributed by atoms with Crippen molar-refractivity contribution < 1.29 is 21.6 Å². The van der Waals surface area contributed by atoms with Crippen LogP contribution in [0.5, 0.6) is 0 Å². The lowest BCUT2D eigenvalue weighted by Crippen LogP contribution is -2.16. The summed E-state index contributed by atoms with van der Waals surface area (Å²) in [6.07, 6.45) is 5.35. The van der Waals surface area contributed by atoms with Crippen LogP contribution < -0.4 is 10.5 Å². The van der Waals surface area contributed by atoms with E-state index in [4.69, 9.17) is 5.73 Å². The standard InChI is InChI=1S/C22H19F3N6O2S/c23-13-6-7-15(24)18(10-13)34(32,33)30-17-8-5-12(9-16(17)25)20-19-21(26)27-11-28-22(19)31(29-20)14-3-1-2-4-14/h5-11,14,30H,1-4H2,(H2,26,27,28). The van der Waals surface area contributed by atoms with Gasteiger partial charge in [0.05, 0.1) is 17.1 Å². The molecule has 4 aromatic rings. The molecule has 0 radical (unpaired) electrons. The van der Waals surface area contributed by atoms with Crippen LogP contribution in [0.4, 0.5) is 24.7 Å². The van der Waals surface area contributed by atoms with Gasteiger partial charge in [0.25, 0.3) is 10.0 Å². The van der Waals surface area contributed by atoms with Crippen molar-refractivity contribution in [2.75, 3.05) is 10.5 Å². The number of sulfonamides is 1. The topological polar surface area (TPSA) is 116 Å². The van der Waals surface area contributed by atoms with Crippen molar-refractivity contribution in [1.29, 1.82) is 0 Å². The maximum Gasteiger partial charge on any atom is 0.265 e. The number of aromatic nitrogens is 4. The summed E-state index contributed by atoms with van der Waals surface area (Å²) in [6.45, 7) is 0. The molecule has 2 heterocycles. The number of benzene rings is 2. The Labute approximate surface area is 192 Å². The summed E-state index contributed by atoms with van der Waals surface area (Å²) in [5.74, 6) is -2.85. The molecule has 3 N–H and O–H groups in total. The second kappa shape index (κ2) is 8.28. The fourth-order valence-corrected chi connectivity index (χ4v) is 5.39. The largest absolute Gasteiger partial charge is 0.383 e. The van der Waals surface area contributed by atoms with E-state index in [9.17, 15) is 21.6 Å². The van der Waals surface area contributed by atoms with E-state index >= 15 is 0 Å². The van der Waals surface area contributed by atoms with E-state index in [1.165, 1.54) is 18.5 Å². The van der Waals surface area contributed by atoms with E-state index in [1.807, 2.05) is 4.72 Å². The highest BCUT2D eigenvalue weighted by Gasteiger charge is 2.26. The first-order valence-electron chi connectivity index (χ1n) is 10.5. The Morgan fingerprint density at radius 2 is 1.76 bits per heavy atom. The Morgan fingerprint density at radius 1 is 1.00 bits per heavy atom. The monoisotopic (exact) mass is 488 g/mol. The molecule has 1 saturated carbocycles. The van der Waals surface area contributed by atoms with Gasteiger partial charge >= 0.3 is 0 Å². The molecule has 5 rings (SSSR count). The molecule has 8 nitrogen and oxygen atoms in total. The van der Waals surface area contributed by atoms with Crippen molar-refractivity contribution in [2.24, 2.45) is 0 Å². The molecule has 1 aliphatic rings. The molecule has 0 unspecified atom stereocenters. The van der Waals surface area contributed by atoms with Gasteiger partial charge in [-0.3, -0.25) is 4.72 Å². The number of hydrogen-bond acceptors (Lipinski definition) is 6. The van der Waals surface area contributed by atoms with Crippen LogP contribution in [-0.4, -0.2) is 28.2 Å². The molecule has 1 fully saturated rings. The smallest absolute Gasteiger partial charge is 0.265 e. The number of nitrogen functional groups attached to an aromatic ring is 1. The molecule has 1 aliphatic carbocycles. The highest BCUT2D eigenvalue weighted by atomic mass is 32.2. The molecular weight excluding hydrogens is 469 g/mol. The molecule has 0 aliphatic heterocycles. The summed E-state index contributed by atoms with van der Waals surface area (Å²) < 4.78 is 71.2. The highest BCUT2D eigenvalue weighted by molar-refractivity contribution is 7.92. The third kappa shape index (κ3) is 3.83. The Kier molecular flexibility index (Phi) is 5.39. The second-order valence-corrected chi connectivity index (χ2v) is 9.71. The number of nitrogens with two attached hydrogens (primary N) is 1. The van der Waals surface area contributed by atoms with Crippen LogP contribution in [-0.2, 0) is 10.0 Å². The van der Waals surface area contributed by atoms with E-state index in [1.54, 1.807) is 4.68 Å². The van der Waals surface area contributed by atoms with E-state index in [-0.39, 0.29) is 11.9 Å². The first-order chi connectivity index (χ1) is 16.2. The van der Waals surface area contributed by atoms with Gasteiger partial charge in [-0.25, -0.2) is 36.2 Å². The van der Waals surface area contributed by atoms with Crippen molar-refractivity contribution in [2.45, 2.75) is 36.6 Å². The Balaban J connectivity index is 1.54. The van der Waals surface area contributed by atoms with Gasteiger partial charge in [-0.2, -0.15) is 5.10 Å². The lowest BCUT2D eigenvalue weighted by atomic mass is 10.1. The number of hydrogen-bond donors (Lipinski definition) is 2. The molecule has 34 heavy (non-hydrogen) atoms. The fraction of sp³-hybridized carbons (Fsp3) is 0.227. The summed E-state index contributed by atoms with van der Waals surface area (Å²) >= 11 is 0. The summed E-state index contributed by atoms with van der Waals surface area (Å²) in [5.41, 5.74) is 6.90. The van der Waals surface area contributed by atoms with Crippen molar-refractivity contribution in [3.63, 3.8) is 0 Å². The lowest BCUT2D eigenvalue weighted by molar-refractivity contribution is 0.479. The van der Waals surface area contributed by atoms with E-state index in [0.29, 0.717) is 34.4 Å². The van der Waals surface area contributed by atoms with Crippen LogP contribution in [0.1, 0.15) is 31.7 Å². The van der Waals surface area contributed by atoms with Crippen LogP contribution in [0.3, 0.4) is 0 Å². The normalized spacial score (nSPS) is 14.7. The predicted molar refractivity (Wildman–Crippen MR) is 120 cm³/mol. The molecule has 12 heteroatoms. The zero-order valence-electron chi connectivity index (χ0n) is 17.7. The fourth-order valence-electron chi connectivity index (χ4n) is 4.23. The minimum Gasteiger partial charge on any atom is -0.383 e. The Morgan fingerprint density at radius 3 is 2.50 bits per heavy atom. The van der Waals surface area contributed by atoms with Gasteiger partial charge in [-0.15, -0.1) is 0 Å². The van der Waals surface area contributed by atoms with Gasteiger partial charge in [0.15, 0.2) is 5.65 Å². The highest BCUT2D eigenvalue weighted by Crippen LogP contribution is 2.37. The minimum absolute atomic E-state index is 0.141. The number of anilines is 2. The zero-order valence-corrected chi connectivity index (χ0v) is 18.5. The second-order valence-electron chi connectivity index (χ2n) is 8.06. The molecule has 176 valence electrons. The molecule has 0 saturated heterocycles. The third-order valence-electron chi connectivity index (χ3n) is 5.86. The van der Waals surface area contributed by atoms with Crippen LogP contribution in [0, 0.1) is 17.5 Å². The first kappa shape index (κ1) is 22.1. The first-order valence-corrected chi connectivity index (χ1v) is 12.0. The van der Waals surface area contributed by atoms with E-state index in [2.05, 4.69) is 15.1 Å². The maximum absolute atomic E-state index is 15.0. The zero-order chi connectivity index (χ0) is 24.0. The van der Waals surface area contributed by atoms with Crippen LogP contribution in [0.15, 0.2) is 47.6 Å². The number of nitrogens with zero attached hydrogens (tertiary/aromatic N) is 4. The average molecular weight is 488 g/mol. The summed E-state index contributed by atoms with van der Waals surface area (Å²) in [5, 5.41) is 5.13. The molecule has 0 bridgehead atoms. The van der Waals surface area contributed by atoms with Gasteiger partial charge < -0.3 is 5.73 Å². The number of rotatable bonds is 5. The van der Waals surface area contributed by atoms with Crippen LogP contribution in [0.2, 0.25) is 0 Å². The Hall–Kier alpha value is -3.67. The number of halogens is 3. The maximum atomic E-state index is 15.0. The van der Waals surface area contributed by atoms with Gasteiger partial charge in [0.1, 0.15) is 40.2 Å². The Bertz CT molecular complexity index is 1520. The van der Waals surface area contributed by atoms with Gasteiger partial charge in [-0.1, -0.05) is 18.9 Å². The van der Waals surface area contributed by atoms with E-state index in [0.717, 1.165) is 37.8 Å². The SMILES string of the molecule is Nc1ncnc2c1c(-c1ccc(NS(=O)(=O)c3cc(F)ccc3F)c(F)c1)nn2C1CCCC1. The molecule has 2 aromatic heterocycles. The van der Waals surface area contributed by atoms with Gasteiger partial charge in [-0.05, 0) is 43.2 Å². The minimum atomic E-state index is -4.58. The van der Waals surface area contributed by atoms with Crippen LogP contribution >= 0.6 is 0 Å². The molecule has 0 atom stereocenters. The van der Waals surface area contributed by atoms with Crippen LogP contribution in [0.25, 0.3) is 22.3 Å². The number of nitrogens with one attached hydrogen (secondary N) is 1. The molecule has 0 amide bonds. The molecular formula is C22H19F3N6O2S. The summed E-state index contributed by atoms with van der Waals surface area (Å²) in [7, 11) is -4.58. The third-order valence-corrected chi connectivity index (χ3v) is 7.24. The molecule has 2 aromatic carbocycles. The lowest BCUT2D eigenvalue weighted by Gasteiger charge is -2.11. The van der Waals surface area contributed by atoms with Crippen molar-refractivity contribution in [1.82, 2.24) is 19.7 Å². The molecule has 0 spiro atoms. The summed E-state index contributed by atoms with van der Waals surface area (Å²) in [6, 6.07) is 5.86. The van der Waals surface area contributed by atoms with Crippen molar-refractivity contribution in [3.05, 3.63) is 60.2 Å². The summed E-state index contributed by atoms with van der Waals surface area (Å²) in [4.78, 5) is 7.43. The van der Waals surface area contributed by atoms with Gasteiger partial charge in [0, 0.05) is 5.56 Å². The quantitative estimate of drug-likeness (QED) is 0.430. The predicted octanol–water partition coefficient (Wildman–Crippen LogP) is 4.41. The van der Waals surface area contributed by atoms with E-state index < -0.39 is 38.1 Å². The number of fused-ring (bicyclic) bond motifs is 1. The average Bonchev–Trinajstić information content (AvgIpc) is 3.45.